The largest absolute Gasteiger partial charge is 0.497 e. The first-order valence-corrected chi connectivity index (χ1v) is 7.58. The zero-order chi connectivity index (χ0) is 14.7. The van der Waals surface area contributed by atoms with Crippen LogP contribution in [0.2, 0.25) is 0 Å². The second kappa shape index (κ2) is 6.59. The van der Waals surface area contributed by atoms with Crippen LogP contribution in [0.1, 0.15) is 16.0 Å². The average molecular weight is 404 g/mol. The smallest absolute Gasteiger partial charge is 0.124 e. The molecule has 2 rings (SSSR count). The predicted molar refractivity (Wildman–Crippen MR) is 84.4 cm³/mol. The quantitative estimate of drug-likeness (QED) is 0.662. The van der Waals surface area contributed by atoms with Crippen LogP contribution in [-0.4, -0.2) is 14.2 Å². The number of ether oxygens (including phenoxy) is 2. The van der Waals surface area contributed by atoms with Gasteiger partial charge in [0.25, 0.3) is 0 Å². The molecule has 0 amide bonds. The molecule has 5 heteroatoms. The van der Waals surface area contributed by atoms with Gasteiger partial charge in [-0.3, -0.25) is 0 Å². The Hall–Kier alpha value is -1.07. The van der Waals surface area contributed by atoms with Crippen LogP contribution in [0.5, 0.6) is 11.5 Å². The topological polar surface area (TPSA) is 18.5 Å². The van der Waals surface area contributed by atoms with E-state index in [0.29, 0.717) is 4.47 Å². The van der Waals surface area contributed by atoms with E-state index in [4.69, 9.17) is 9.47 Å². The van der Waals surface area contributed by atoms with Crippen molar-refractivity contribution in [2.45, 2.75) is 4.83 Å². The summed E-state index contributed by atoms with van der Waals surface area (Å²) in [6.45, 7) is 0. The van der Waals surface area contributed by atoms with Gasteiger partial charge < -0.3 is 9.47 Å². The molecule has 0 spiro atoms. The molecule has 0 heterocycles. The Morgan fingerprint density at radius 2 is 1.75 bits per heavy atom. The van der Waals surface area contributed by atoms with Crippen LogP contribution in [-0.2, 0) is 0 Å². The van der Waals surface area contributed by atoms with E-state index < -0.39 is 0 Å². The summed E-state index contributed by atoms with van der Waals surface area (Å²) < 4.78 is 24.5. The second-order valence-corrected chi connectivity index (χ2v) is 5.91. The first kappa shape index (κ1) is 15.3. The van der Waals surface area contributed by atoms with Crippen LogP contribution in [0.3, 0.4) is 0 Å². The summed E-state index contributed by atoms with van der Waals surface area (Å²) in [5.41, 5.74) is 1.83. The molecule has 0 aliphatic rings. The van der Waals surface area contributed by atoms with Gasteiger partial charge in [-0.15, -0.1) is 0 Å². The molecular formula is C15H13Br2FO2. The SMILES string of the molecule is COc1ccc(OC)c(C(Br)c2ccc(F)cc2Br)c1. The molecule has 0 aliphatic heterocycles. The lowest BCUT2D eigenvalue weighted by atomic mass is 10.0. The Morgan fingerprint density at radius 3 is 2.35 bits per heavy atom. The monoisotopic (exact) mass is 402 g/mol. The number of hydrogen-bond acceptors (Lipinski definition) is 2. The first-order valence-electron chi connectivity index (χ1n) is 5.87. The molecule has 1 atom stereocenters. The summed E-state index contributed by atoms with van der Waals surface area (Å²) in [5.74, 6) is 1.20. The maximum absolute atomic E-state index is 13.2. The highest BCUT2D eigenvalue weighted by molar-refractivity contribution is 9.11. The average Bonchev–Trinajstić information content (AvgIpc) is 2.46. The maximum Gasteiger partial charge on any atom is 0.124 e. The lowest BCUT2D eigenvalue weighted by molar-refractivity contribution is 0.399. The van der Waals surface area contributed by atoms with E-state index in [0.717, 1.165) is 22.6 Å². The molecule has 0 radical (unpaired) electrons. The molecule has 0 saturated carbocycles. The lowest BCUT2D eigenvalue weighted by Crippen LogP contribution is -1.99. The first-order chi connectivity index (χ1) is 9.56. The lowest BCUT2D eigenvalue weighted by Gasteiger charge is -2.17. The van der Waals surface area contributed by atoms with Gasteiger partial charge in [0.05, 0.1) is 19.0 Å². The van der Waals surface area contributed by atoms with Gasteiger partial charge in [-0.05, 0) is 35.9 Å². The molecule has 0 saturated heterocycles. The van der Waals surface area contributed by atoms with E-state index in [1.165, 1.54) is 12.1 Å². The van der Waals surface area contributed by atoms with Gasteiger partial charge in [0.2, 0.25) is 0 Å². The minimum atomic E-state index is -0.280. The maximum atomic E-state index is 13.2. The third-order valence-electron chi connectivity index (χ3n) is 2.95. The molecule has 1 unspecified atom stereocenters. The summed E-state index contributed by atoms with van der Waals surface area (Å²) in [6, 6.07) is 10.2. The summed E-state index contributed by atoms with van der Waals surface area (Å²) in [7, 11) is 3.23. The molecular weight excluding hydrogens is 391 g/mol. The Kier molecular flexibility index (Phi) is 5.05. The molecule has 0 aromatic heterocycles. The van der Waals surface area contributed by atoms with Crippen LogP contribution in [0, 0.1) is 5.82 Å². The summed E-state index contributed by atoms with van der Waals surface area (Å²) >= 11 is 7.02. The van der Waals surface area contributed by atoms with Gasteiger partial charge in [0.15, 0.2) is 0 Å². The fourth-order valence-electron chi connectivity index (χ4n) is 1.91. The fourth-order valence-corrected chi connectivity index (χ4v) is 3.56. The molecule has 2 aromatic carbocycles. The highest BCUT2D eigenvalue weighted by Crippen LogP contribution is 2.41. The van der Waals surface area contributed by atoms with Crippen molar-refractivity contribution in [1.29, 1.82) is 0 Å². The number of rotatable bonds is 4. The molecule has 0 aliphatic carbocycles. The van der Waals surface area contributed by atoms with Crippen molar-refractivity contribution in [3.63, 3.8) is 0 Å². The zero-order valence-electron chi connectivity index (χ0n) is 11.0. The van der Waals surface area contributed by atoms with Crippen molar-refractivity contribution in [2.24, 2.45) is 0 Å². The van der Waals surface area contributed by atoms with Crippen molar-refractivity contribution in [3.05, 3.63) is 57.8 Å². The van der Waals surface area contributed by atoms with E-state index in [-0.39, 0.29) is 10.6 Å². The van der Waals surface area contributed by atoms with Gasteiger partial charge in [-0.2, -0.15) is 0 Å². The van der Waals surface area contributed by atoms with E-state index in [9.17, 15) is 4.39 Å². The molecule has 0 fully saturated rings. The molecule has 0 bridgehead atoms. The third kappa shape index (κ3) is 3.15. The number of methoxy groups -OCH3 is 2. The zero-order valence-corrected chi connectivity index (χ0v) is 14.2. The minimum absolute atomic E-state index is 0.137. The predicted octanol–water partition coefficient (Wildman–Crippen LogP) is 5.09. The van der Waals surface area contributed by atoms with Crippen molar-refractivity contribution < 1.29 is 13.9 Å². The van der Waals surface area contributed by atoms with Gasteiger partial charge in [-0.1, -0.05) is 37.9 Å². The van der Waals surface area contributed by atoms with E-state index in [1.807, 2.05) is 18.2 Å². The van der Waals surface area contributed by atoms with Gasteiger partial charge in [0, 0.05) is 10.0 Å². The van der Waals surface area contributed by atoms with Crippen LogP contribution in [0.15, 0.2) is 40.9 Å². The van der Waals surface area contributed by atoms with Crippen LogP contribution >= 0.6 is 31.9 Å². The van der Waals surface area contributed by atoms with Crippen molar-refractivity contribution in [1.82, 2.24) is 0 Å². The minimum Gasteiger partial charge on any atom is -0.497 e. The molecule has 0 N–H and O–H groups in total. The van der Waals surface area contributed by atoms with E-state index in [1.54, 1.807) is 20.3 Å². The Labute approximate surface area is 134 Å². The van der Waals surface area contributed by atoms with Gasteiger partial charge in [0.1, 0.15) is 17.3 Å². The third-order valence-corrected chi connectivity index (χ3v) is 4.62. The standard InChI is InChI=1S/C15H13Br2FO2/c1-19-10-4-6-14(20-2)12(8-10)15(17)11-5-3-9(18)7-13(11)16/h3-8,15H,1-2H3. The molecule has 20 heavy (non-hydrogen) atoms. The molecule has 2 aromatic rings. The van der Waals surface area contributed by atoms with Crippen molar-refractivity contribution in [3.8, 4) is 11.5 Å². The summed E-state index contributed by atoms with van der Waals surface area (Å²) in [6.07, 6.45) is 0. The highest BCUT2D eigenvalue weighted by Gasteiger charge is 2.19. The summed E-state index contributed by atoms with van der Waals surface area (Å²) in [5, 5.41) is 0. The van der Waals surface area contributed by atoms with Crippen LogP contribution < -0.4 is 9.47 Å². The normalized spacial score (nSPS) is 12.1. The summed E-state index contributed by atoms with van der Waals surface area (Å²) in [4.78, 5) is -0.137. The number of alkyl halides is 1. The number of hydrogen-bond donors (Lipinski definition) is 0. The van der Waals surface area contributed by atoms with Gasteiger partial charge >= 0.3 is 0 Å². The van der Waals surface area contributed by atoms with Crippen LogP contribution in [0.25, 0.3) is 0 Å². The van der Waals surface area contributed by atoms with Gasteiger partial charge in [-0.25, -0.2) is 4.39 Å². The number of halogens is 3. The van der Waals surface area contributed by atoms with Crippen molar-refractivity contribution >= 4 is 31.9 Å². The van der Waals surface area contributed by atoms with Crippen LogP contribution in [0.4, 0.5) is 4.39 Å². The van der Waals surface area contributed by atoms with E-state index >= 15 is 0 Å². The Balaban J connectivity index is 2.48. The van der Waals surface area contributed by atoms with E-state index in [2.05, 4.69) is 31.9 Å². The fraction of sp³-hybridized carbons (Fsp3) is 0.200. The second-order valence-electron chi connectivity index (χ2n) is 4.14. The molecule has 2 nitrogen and oxygen atoms in total. The Morgan fingerprint density at radius 1 is 1.00 bits per heavy atom. The highest BCUT2D eigenvalue weighted by atomic mass is 79.9. The van der Waals surface area contributed by atoms with Crippen molar-refractivity contribution in [2.75, 3.05) is 14.2 Å². The number of benzene rings is 2. The Bertz CT molecular complexity index is 617. The molecule has 106 valence electrons.